The zero-order chi connectivity index (χ0) is 12.7. The Hall–Kier alpha value is -0.610. The number of carbonyl (C=O) groups is 1. The molecule has 4 nitrogen and oxygen atoms in total. The average molecular weight is 241 g/mol. The number of nitrogens with zero attached hydrogens (tertiary/aromatic N) is 2. The highest BCUT2D eigenvalue weighted by Gasteiger charge is 2.20. The Bertz CT molecular complexity index is 227. The summed E-state index contributed by atoms with van der Waals surface area (Å²) in [7, 11) is 1.92. The van der Waals surface area contributed by atoms with E-state index in [-0.39, 0.29) is 5.91 Å². The van der Waals surface area contributed by atoms with Gasteiger partial charge in [-0.05, 0) is 13.3 Å². The first kappa shape index (κ1) is 14.5. The molecule has 4 heteroatoms. The van der Waals surface area contributed by atoms with Crippen LogP contribution in [0.4, 0.5) is 0 Å². The average Bonchev–Trinajstić information content (AvgIpc) is 2.36. The Morgan fingerprint density at radius 2 is 2.06 bits per heavy atom. The first-order valence-electron chi connectivity index (χ1n) is 6.84. The second-order valence-corrected chi connectivity index (χ2v) is 5.01. The highest BCUT2D eigenvalue weighted by molar-refractivity contribution is 5.76. The molecule has 1 rings (SSSR count). The van der Waals surface area contributed by atoms with E-state index in [9.17, 15) is 4.79 Å². The number of unbranched alkanes of at least 4 members (excludes halogenated alkanes) is 1. The molecule has 1 saturated heterocycles. The van der Waals surface area contributed by atoms with Crippen molar-refractivity contribution in [2.75, 3.05) is 39.8 Å². The Morgan fingerprint density at radius 1 is 1.41 bits per heavy atom. The third-order valence-corrected chi connectivity index (χ3v) is 3.52. The van der Waals surface area contributed by atoms with Gasteiger partial charge < -0.3 is 10.2 Å². The molecule has 1 unspecified atom stereocenters. The molecule has 100 valence electrons. The van der Waals surface area contributed by atoms with Crippen molar-refractivity contribution in [3.63, 3.8) is 0 Å². The van der Waals surface area contributed by atoms with E-state index in [2.05, 4.69) is 24.1 Å². The van der Waals surface area contributed by atoms with Crippen molar-refractivity contribution in [1.29, 1.82) is 0 Å². The standard InChI is InChI=1S/C13H27N3O/c1-4-5-8-15(3)13(17)11-12(2)16-9-6-14-7-10-16/h12,14H,4-11H2,1-3H3. The van der Waals surface area contributed by atoms with Gasteiger partial charge in [-0.3, -0.25) is 9.69 Å². The van der Waals surface area contributed by atoms with Gasteiger partial charge in [-0.2, -0.15) is 0 Å². The second-order valence-electron chi connectivity index (χ2n) is 5.01. The zero-order valence-corrected chi connectivity index (χ0v) is 11.5. The van der Waals surface area contributed by atoms with Crippen molar-refractivity contribution in [2.45, 2.75) is 39.2 Å². The van der Waals surface area contributed by atoms with E-state index in [0.29, 0.717) is 12.5 Å². The SMILES string of the molecule is CCCCN(C)C(=O)CC(C)N1CCNCC1. The molecule has 0 spiro atoms. The summed E-state index contributed by atoms with van der Waals surface area (Å²) >= 11 is 0. The van der Waals surface area contributed by atoms with Crippen molar-refractivity contribution in [2.24, 2.45) is 0 Å². The van der Waals surface area contributed by atoms with Crippen molar-refractivity contribution in [1.82, 2.24) is 15.1 Å². The van der Waals surface area contributed by atoms with E-state index in [0.717, 1.165) is 45.6 Å². The lowest BCUT2D eigenvalue weighted by Crippen LogP contribution is -2.48. The molecule has 1 amide bonds. The van der Waals surface area contributed by atoms with Gasteiger partial charge in [-0.15, -0.1) is 0 Å². The quantitative estimate of drug-likeness (QED) is 0.751. The van der Waals surface area contributed by atoms with E-state index in [1.807, 2.05) is 11.9 Å². The maximum Gasteiger partial charge on any atom is 0.223 e. The second kappa shape index (κ2) is 7.67. The van der Waals surface area contributed by atoms with Crippen LogP contribution in [0.5, 0.6) is 0 Å². The summed E-state index contributed by atoms with van der Waals surface area (Å²) < 4.78 is 0. The summed E-state index contributed by atoms with van der Waals surface area (Å²) in [5, 5.41) is 3.34. The highest BCUT2D eigenvalue weighted by atomic mass is 16.2. The van der Waals surface area contributed by atoms with E-state index in [1.165, 1.54) is 0 Å². The van der Waals surface area contributed by atoms with Crippen LogP contribution in [0.25, 0.3) is 0 Å². The van der Waals surface area contributed by atoms with Crippen LogP contribution in [0.3, 0.4) is 0 Å². The van der Waals surface area contributed by atoms with Gasteiger partial charge in [0.15, 0.2) is 0 Å². The minimum atomic E-state index is 0.282. The van der Waals surface area contributed by atoms with Crippen molar-refractivity contribution < 1.29 is 4.79 Å². The number of carbonyl (C=O) groups excluding carboxylic acids is 1. The normalized spacial score (nSPS) is 19.0. The predicted octanol–water partition coefficient (Wildman–Crippen LogP) is 0.929. The highest BCUT2D eigenvalue weighted by Crippen LogP contribution is 2.07. The number of piperazine rings is 1. The predicted molar refractivity (Wildman–Crippen MR) is 71.1 cm³/mol. The van der Waals surface area contributed by atoms with Crippen LogP contribution in [-0.2, 0) is 4.79 Å². The minimum Gasteiger partial charge on any atom is -0.346 e. The molecule has 0 aliphatic carbocycles. The first-order chi connectivity index (χ1) is 8.15. The van der Waals surface area contributed by atoms with Gasteiger partial charge in [-0.1, -0.05) is 13.3 Å². The minimum absolute atomic E-state index is 0.282. The number of hydrogen-bond acceptors (Lipinski definition) is 3. The van der Waals surface area contributed by atoms with Crippen molar-refractivity contribution in [3.8, 4) is 0 Å². The summed E-state index contributed by atoms with van der Waals surface area (Å²) in [4.78, 5) is 16.3. The smallest absolute Gasteiger partial charge is 0.223 e. The van der Waals surface area contributed by atoms with E-state index in [1.54, 1.807) is 0 Å². The van der Waals surface area contributed by atoms with Crippen molar-refractivity contribution >= 4 is 5.91 Å². The van der Waals surface area contributed by atoms with E-state index in [4.69, 9.17) is 0 Å². The third kappa shape index (κ3) is 5.04. The molecule has 1 aliphatic heterocycles. The Labute approximate surface area is 105 Å². The summed E-state index contributed by atoms with van der Waals surface area (Å²) in [5.41, 5.74) is 0. The van der Waals surface area contributed by atoms with Crippen LogP contribution < -0.4 is 5.32 Å². The zero-order valence-electron chi connectivity index (χ0n) is 11.5. The maximum absolute atomic E-state index is 12.0. The molecule has 0 bridgehead atoms. The molecule has 0 aromatic heterocycles. The number of amides is 1. The molecular formula is C13H27N3O. The Morgan fingerprint density at radius 3 is 2.65 bits per heavy atom. The van der Waals surface area contributed by atoms with Gasteiger partial charge in [0.05, 0.1) is 0 Å². The van der Waals surface area contributed by atoms with Gasteiger partial charge >= 0.3 is 0 Å². The fourth-order valence-corrected chi connectivity index (χ4v) is 2.18. The van der Waals surface area contributed by atoms with Crippen LogP contribution >= 0.6 is 0 Å². The van der Waals surface area contributed by atoms with E-state index < -0.39 is 0 Å². The summed E-state index contributed by atoms with van der Waals surface area (Å²) in [6, 6.07) is 0.369. The van der Waals surface area contributed by atoms with Crippen LogP contribution in [-0.4, -0.2) is 61.5 Å². The molecule has 0 saturated carbocycles. The molecular weight excluding hydrogens is 214 g/mol. The van der Waals surface area contributed by atoms with Crippen LogP contribution in [0.15, 0.2) is 0 Å². The molecule has 0 radical (unpaired) electrons. The van der Waals surface area contributed by atoms with Crippen LogP contribution in [0.1, 0.15) is 33.1 Å². The lowest BCUT2D eigenvalue weighted by molar-refractivity contribution is -0.131. The fourth-order valence-electron chi connectivity index (χ4n) is 2.18. The first-order valence-corrected chi connectivity index (χ1v) is 6.84. The Kier molecular flexibility index (Phi) is 6.52. The molecule has 0 aromatic rings. The van der Waals surface area contributed by atoms with Gasteiger partial charge in [-0.25, -0.2) is 0 Å². The molecule has 17 heavy (non-hydrogen) atoms. The number of hydrogen-bond donors (Lipinski definition) is 1. The molecule has 1 heterocycles. The largest absolute Gasteiger partial charge is 0.346 e. The van der Waals surface area contributed by atoms with Gasteiger partial charge in [0.1, 0.15) is 0 Å². The van der Waals surface area contributed by atoms with Crippen molar-refractivity contribution in [3.05, 3.63) is 0 Å². The van der Waals surface area contributed by atoms with Gasteiger partial charge in [0.2, 0.25) is 5.91 Å². The number of rotatable bonds is 6. The van der Waals surface area contributed by atoms with Crippen LogP contribution in [0, 0.1) is 0 Å². The third-order valence-electron chi connectivity index (χ3n) is 3.52. The summed E-state index contributed by atoms with van der Waals surface area (Å²) in [6.07, 6.45) is 2.90. The Balaban J connectivity index is 2.28. The van der Waals surface area contributed by atoms with E-state index >= 15 is 0 Å². The topological polar surface area (TPSA) is 35.6 Å². The number of nitrogens with one attached hydrogen (secondary N) is 1. The lowest BCUT2D eigenvalue weighted by Gasteiger charge is -2.33. The van der Waals surface area contributed by atoms with Gasteiger partial charge in [0, 0.05) is 52.2 Å². The fraction of sp³-hybridized carbons (Fsp3) is 0.923. The molecule has 0 aromatic carbocycles. The summed E-state index contributed by atoms with van der Waals surface area (Å²) in [6.45, 7) is 9.43. The molecule has 1 atom stereocenters. The monoisotopic (exact) mass is 241 g/mol. The van der Waals surface area contributed by atoms with Crippen LogP contribution in [0.2, 0.25) is 0 Å². The lowest BCUT2D eigenvalue weighted by atomic mass is 10.1. The van der Waals surface area contributed by atoms with Gasteiger partial charge in [0.25, 0.3) is 0 Å². The molecule has 1 aliphatic rings. The maximum atomic E-state index is 12.0. The summed E-state index contributed by atoms with van der Waals surface area (Å²) in [5.74, 6) is 0.282. The molecule has 1 N–H and O–H groups in total. The molecule has 1 fully saturated rings.